The summed E-state index contributed by atoms with van der Waals surface area (Å²) in [5.74, 6) is -0.551. The summed E-state index contributed by atoms with van der Waals surface area (Å²) in [4.78, 5) is 28.9. The van der Waals surface area contributed by atoms with E-state index in [1.807, 2.05) is 0 Å². The molecule has 8 nitrogen and oxygen atoms in total. The Labute approximate surface area is 218 Å². The first-order valence-electron chi connectivity index (χ1n) is 11.2. The van der Waals surface area contributed by atoms with E-state index < -0.39 is 23.7 Å². The van der Waals surface area contributed by atoms with Crippen LogP contribution in [-0.4, -0.2) is 52.2 Å². The van der Waals surface area contributed by atoms with E-state index >= 15 is 0 Å². The first kappa shape index (κ1) is 26.1. The number of benzene rings is 3. The van der Waals surface area contributed by atoms with Gasteiger partial charge in [-0.3, -0.25) is 9.59 Å². The normalized spacial score (nSPS) is 16.6. The molecular formula is C27H26ClFN2O6. The van der Waals surface area contributed by atoms with Crippen molar-refractivity contribution < 1.29 is 32.9 Å². The lowest BCUT2D eigenvalue weighted by molar-refractivity contribution is -0.119. The molecule has 0 spiro atoms. The molecule has 2 atom stereocenters. The number of methoxy groups -OCH3 is 4. The first-order chi connectivity index (χ1) is 17.7. The minimum Gasteiger partial charge on any atom is -0.493 e. The lowest BCUT2D eigenvalue weighted by Gasteiger charge is -2.40. The maximum Gasteiger partial charge on any atom is 0.254 e. The van der Waals surface area contributed by atoms with Crippen molar-refractivity contribution in [2.45, 2.75) is 12.0 Å². The smallest absolute Gasteiger partial charge is 0.254 e. The van der Waals surface area contributed by atoms with Gasteiger partial charge in [-0.15, -0.1) is 0 Å². The highest BCUT2D eigenvalue weighted by molar-refractivity contribution is 6.31. The van der Waals surface area contributed by atoms with Gasteiger partial charge in [-0.2, -0.15) is 0 Å². The van der Waals surface area contributed by atoms with E-state index in [2.05, 4.69) is 5.32 Å². The van der Waals surface area contributed by atoms with Crippen molar-refractivity contribution in [3.8, 4) is 23.0 Å². The van der Waals surface area contributed by atoms with Crippen molar-refractivity contribution in [1.29, 1.82) is 0 Å². The zero-order chi connectivity index (χ0) is 26.9. The molecule has 3 aromatic rings. The lowest BCUT2D eigenvalue weighted by Crippen LogP contribution is -2.44. The van der Waals surface area contributed by atoms with Gasteiger partial charge in [0.25, 0.3) is 5.91 Å². The van der Waals surface area contributed by atoms with Crippen molar-refractivity contribution in [1.82, 2.24) is 4.90 Å². The van der Waals surface area contributed by atoms with Gasteiger partial charge in [0, 0.05) is 18.3 Å². The van der Waals surface area contributed by atoms with Crippen LogP contribution in [0, 0.1) is 5.82 Å². The molecule has 0 saturated heterocycles. The van der Waals surface area contributed by atoms with Crippen LogP contribution in [0.2, 0.25) is 5.02 Å². The second-order valence-electron chi connectivity index (χ2n) is 8.37. The van der Waals surface area contributed by atoms with Crippen LogP contribution in [0.5, 0.6) is 23.0 Å². The third-order valence-electron chi connectivity index (χ3n) is 6.39. The maximum atomic E-state index is 13.9. The van der Waals surface area contributed by atoms with Crippen LogP contribution >= 0.6 is 11.6 Å². The van der Waals surface area contributed by atoms with Gasteiger partial charge >= 0.3 is 0 Å². The van der Waals surface area contributed by atoms with Gasteiger partial charge in [0.15, 0.2) is 23.0 Å². The number of ether oxygens (including phenoxy) is 4. The Bertz CT molecular complexity index is 1360. The van der Waals surface area contributed by atoms with Gasteiger partial charge in [0.1, 0.15) is 5.82 Å². The summed E-state index contributed by atoms with van der Waals surface area (Å²) in [6.07, 6.45) is 0. The predicted molar refractivity (Wildman–Crippen MR) is 137 cm³/mol. The molecule has 1 heterocycles. The van der Waals surface area contributed by atoms with Crippen LogP contribution in [0.25, 0.3) is 0 Å². The second kappa shape index (κ2) is 10.6. The molecule has 10 heteroatoms. The number of nitrogens with one attached hydrogen (secondary N) is 1. The minimum atomic E-state index is -0.889. The van der Waals surface area contributed by atoms with Crippen LogP contribution in [0.1, 0.15) is 33.4 Å². The van der Waals surface area contributed by atoms with Crippen LogP contribution in [0.4, 0.5) is 10.1 Å². The molecule has 194 valence electrons. The standard InChI is InChI=1S/C27H26ClFN2O6/c1-31-25(14-6-9-20(34-2)21(10-14)35-3)24(26(32)30-15-7-8-19(29)18(28)11-15)16-12-22(36-4)23(37-5)13-17(16)27(31)33/h6-13,24-25H,1-5H3,(H,30,32)/t24-,25-/m0/s1. The molecule has 0 aliphatic carbocycles. The molecule has 1 aliphatic heterocycles. The van der Waals surface area contributed by atoms with E-state index in [0.29, 0.717) is 45.4 Å². The van der Waals surface area contributed by atoms with Crippen LogP contribution in [0.3, 0.4) is 0 Å². The fourth-order valence-corrected chi connectivity index (χ4v) is 4.76. The molecule has 0 fully saturated rings. The van der Waals surface area contributed by atoms with Gasteiger partial charge in [-0.05, 0) is 53.6 Å². The molecule has 2 amide bonds. The van der Waals surface area contributed by atoms with E-state index in [4.69, 9.17) is 30.5 Å². The molecule has 1 N–H and O–H groups in total. The van der Waals surface area contributed by atoms with E-state index in [0.717, 1.165) is 0 Å². The number of hydrogen-bond acceptors (Lipinski definition) is 6. The first-order valence-corrected chi connectivity index (χ1v) is 11.6. The number of fused-ring (bicyclic) bond motifs is 1. The van der Waals surface area contributed by atoms with Gasteiger partial charge in [-0.1, -0.05) is 17.7 Å². The summed E-state index contributed by atoms with van der Waals surface area (Å²) in [6, 6.07) is 11.6. The minimum absolute atomic E-state index is 0.128. The fraction of sp³-hybridized carbons (Fsp3) is 0.259. The number of amides is 2. The maximum absolute atomic E-state index is 13.9. The Morgan fingerprint density at radius 2 is 1.51 bits per heavy atom. The molecule has 37 heavy (non-hydrogen) atoms. The quantitative estimate of drug-likeness (QED) is 0.461. The average Bonchev–Trinajstić information content (AvgIpc) is 2.91. The molecule has 1 aliphatic rings. The molecule has 0 radical (unpaired) electrons. The zero-order valence-electron chi connectivity index (χ0n) is 20.9. The van der Waals surface area contributed by atoms with E-state index in [1.54, 1.807) is 37.4 Å². The molecular weight excluding hydrogens is 503 g/mol. The Morgan fingerprint density at radius 1 is 0.892 bits per heavy atom. The predicted octanol–water partition coefficient (Wildman–Crippen LogP) is 5.06. The Kier molecular flexibility index (Phi) is 7.45. The van der Waals surface area contributed by atoms with E-state index in [1.165, 1.54) is 51.5 Å². The molecule has 0 bridgehead atoms. The number of nitrogens with zero attached hydrogens (tertiary/aromatic N) is 1. The number of halogens is 2. The summed E-state index contributed by atoms with van der Waals surface area (Å²) < 4.78 is 35.4. The zero-order valence-corrected chi connectivity index (χ0v) is 21.7. The highest BCUT2D eigenvalue weighted by Crippen LogP contribution is 2.47. The van der Waals surface area contributed by atoms with Gasteiger partial charge < -0.3 is 29.2 Å². The van der Waals surface area contributed by atoms with Crippen molar-refractivity contribution in [2.75, 3.05) is 40.8 Å². The molecule has 0 aromatic heterocycles. The van der Waals surface area contributed by atoms with Crippen molar-refractivity contribution in [3.63, 3.8) is 0 Å². The highest BCUT2D eigenvalue weighted by atomic mass is 35.5. The van der Waals surface area contributed by atoms with Crippen molar-refractivity contribution in [2.24, 2.45) is 0 Å². The SMILES string of the molecule is COc1ccc([C@H]2[C@@H](C(=O)Nc3ccc(F)c(Cl)c3)c3cc(OC)c(OC)cc3C(=O)N2C)cc1OC. The highest BCUT2D eigenvalue weighted by Gasteiger charge is 2.44. The number of carbonyl (C=O) groups excluding carboxylic acids is 2. The molecule has 0 saturated carbocycles. The summed E-state index contributed by atoms with van der Waals surface area (Å²) in [7, 11) is 7.59. The summed E-state index contributed by atoms with van der Waals surface area (Å²) >= 11 is 5.93. The van der Waals surface area contributed by atoms with E-state index in [9.17, 15) is 14.0 Å². The van der Waals surface area contributed by atoms with E-state index in [-0.39, 0.29) is 10.9 Å². The number of rotatable bonds is 7. The molecule has 0 unspecified atom stereocenters. The largest absolute Gasteiger partial charge is 0.493 e. The third-order valence-corrected chi connectivity index (χ3v) is 6.68. The summed E-state index contributed by atoms with van der Waals surface area (Å²) in [6.45, 7) is 0. The molecule has 4 rings (SSSR count). The summed E-state index contributed by atoms with van der Waals surface area (Å²) in [5, 5.41) is 2.69. The molecule has 3 aromatic carbocycles. The van der Waals surface area contributed by atoms with Gasteiger partial charge in [0.2, 0.25) is 5.91 Å². The number of carbonyl (C=O) groups is 2. The third kappa shape index (κ3) is 4.74. The second-order valence-corrected chi connectivity index (χ2v) is 8.77. The number of anilines is 1. The monoisotopic (exact) mass is 528 g/mol. The van der Waals surface area contributed by atoms with Crippen LogP contribution < -0.4 is 24.3 Å². The van der Waals surface area contributed by atoms with Crippen molar-refractivity contribution >= 4 is 29.1 Å². The Balaban J connectivity index is 1.90. The van der Waals surface area contributed by atoms with Gasteiger partial charge in [-0.25, -0.2) is 4.39 Å². The number of hydrogen-bond donors (Lipinski definition) is 1. The van der Waals surface area contributed by atoms with Gasteiger partial charge in [0.05, 0.1) is 45.4 Å². The number of likely N-dealkylation sites (N-methyl/N-ethyl adjacent to an activating group) is 1. The fourth-order valence-electron chi connectivity index (χ4n) is 4.58. The Hall–Kier alpha value is -3.98. The Morgan fingerprint density at radius 3 is 2.14 bits per heavy atom. The topological polar surface area (TPSA) is 86.3 Å². The van der Waals surface area contributed by atoms with Crippen LogP contribution in [0.15, 0.2) is 48.5 Å². The van der Waals surface area contributed by atoms with Crippen molar-refractivity contribution in [3.05, 3.63) is 76.1 Å². The summed E-state index contributed by atoms with van der Waals surface area (Å²) in [5.41, 5.74) is 1.70. The van der Waals surface area contributed by atoms with Crippen LogP contribution in [-0.2, 0) is 4.79 Å². The average molecular weight is 529 g/mol. The lowest BCUT2D eigenvalue weighted by atomic mass is 9.79.